The average molecular weight is 333 g/mol. The van der Waals surface area contributed by atoms with E-state index in [0.717, 1.165) is 4.47 Å². The smallest absolute Gasteiger partial charge is 0.273 e. The lowest BCUT2D eigenvalue weighted by atomic mass is 10.2. The first-order chi connectivity index (χ1) is 9.08. The summed E-state index contributed by atoms with van der Waals surface area (Å²) < 4.78 is 11.0. The van der Waals surface area contributed by atoms with Crippen LogP contribution in [-0.2, 0) is 16.0 Å². The number of nitrogens with zero attached hydrogens (tertiary/aromatic N) is 1. The van der Waals surface area contributed by atoms with Crippen LogP contribution in [0.4, 0.5) is 5.69 Å². The van der Waals surface area contributed by atoms with E-state index in [1.807, 2.05) is 0 Å². The van der Waals surface area contributed by atoms with E-state index in [1.165, 1.54) is 6.07 Å². The molecule has 1 aromatic carbocycles. The SMILES string of the molecule is COCC(CNCc1cc(Br)ccc1[N+](=O)[O-])OC. The molecular weight excluding hydrogens is 316 g/mol. The molecule has 7 heteroatoms. The zero-order valence-corrected chi connectivity index (χ0v) is 12.5. The lowest BCUT2D eigenvalue weighted by Crippen LogP contribution is -2.31. The van der Waals surface area contributed by atoms with E-state index in [0.29, 0.717) is 25.3 Å². The molecular formula is C12H17BrN2O4. The number of ether oxygens (including phenoxy) is 2. The maximum atomic E-state index is 10.9. The molecule has 0 aliphatic rings. The summed E-state index contributed by atoms with van der Waals surface area (Å²) in [6.45, 7) is 1.44. The summed E-state index contributed by atoms with van der Waals surface area (Å²) in [4.78, 5) is 10.5. The van der Waals surface area contributed by atoms with Crippen LogP contribution in [0.5, 0.6) is 0 Å². The Kier molecular flexibility index (Phi) is 6.93. The summed E-state index contributed by atoms with van der Waals surface area (Å²) in [6.07, 6.45) is -0.0730. The number of nitro benzene ring substituents is 1. The van der Waals surface area contributed by atoms with Crippen molar-refractivity contribution in [2.75, 3.05) is 27.4 Å². The number of nitro groups is 1. The summed E-state index contributed by atoms with van der Waals surface area (Å²) in [7, 11) is 3.21. The predicted molar refractivity (Wildman–Crippen MR) is 75.2 cm³/mol. The molecule has 1 atom stereocenters. The van der Waals surface area contributed by atoms with Crippen molar-refractivity contribution >= 4 is 21.6 Å². The topological polar surface area (TPSA) is 73.6 Å². The Morgan fingerprint density at radius 1 is 1.47 bits per heavy atom. The van der Waals surface area contributed by atoms with Gasteiger partial charge in [0.15, 0.2) is 0 Å². The van der Waals surface area contributed by atoms with E-state index in [9.17, 15) is 10.1 Å². The van der Waals surface area contributed by atoms with Crippen LogP contribution in [0.25, 0.3) is 0 Å². The third-order valence-electron chi connectivity index (χ3n) is 2.61. The maximum Gasteiger partial charge on any atom is 0.273 e. The highest BCUT2D eigenvalue weighted by Crippen LogP contribution is 2.22. The number of methoxy groups -OCH3 is 2. The molecule has 1 aromatic rings. The van der Waals surface area contributed by atoms with Gasteiger partial charge in [-0.05, 0) is 12.1 Å². The fourth-order valence-corrected chi connectivity index (χ4v) is 2.05. The summed E-state index contributed by atoms with van der Waals surface area (Å²) in [6, 6.07) is 4.89. The molecule has 19 heavy (non-hydrogen) atoms. The van der Waals surface area contributed by atoms with Gasteiger partial charge in [-0.1, -0.05) is 15.9 Å². The molecule has 1 rings (SSSR count). The van der Waals surface area contributed by atoms with Crippen LogP contribution in [0.2, 0.25) is 0 Å². The third-order valence-corrected chi connectivity index (χ3v) is 3.10. The molecule has 0 aromatic heterocycles. The summed E-state index contributed by atoms with van der Waals surface area (Å²) in [5.74, 6) is 0. The lowest BCUT2D eigenvalue weighted by Gasteiger charge is -2.15. The largest absolute Gasteiger partial charge is 0.382 e. The lowest BCUT2D eigenvalue weighted by molar-refractivity contribution is -0.385. The van der Waals surface area contributed by atoms with Crippen molar-refractivity contribution in [3.8, 4) is 0 Å². The number of rotatable bonds is 8. The van der Waals surface area contributed by atoms with Crippen LogP contribution in [0.1, 0.15) is 5.56 Å². The first-order valence-electron chi connectivity index (χ1n) is 5.73. The van der Waals surface area contributed by atoms with Gasteiger partial charge in [-0.25, -0.2) is 0 Å². The summed E-state index contributed by atoms with van der Waals surface area (Å²) in [5.41, 5.74) is 0.739. The molecule has 0 fully saturated rings. The van der Waals surface area contributed by atoms with Crippen molar-refractivity contribution in [1.29, 1.82) is 0 Å². The fourth-order valence-electron chi connectivity index (χ4n) is 1.64. The van der Waals surface area contributed by atoms with E-state index in [4.69, 9.17) is 9.47 Å². The van der Waals surface area contributed by atoms with Gasteiger partial charge in [-0.15, -0.1) is 0 Å². The van der Waals surface area contributed by atoms with E-state index < -0.39 is 0 Å². The molecule has 0 bridgehead atoms. The highest BCUT2D eigenvalue weighted by Gasteiger charge is 2.14. The van der Waals surface area contributed by atoms with Gasteiger partial charge >= 0.3 is 0 Å². The fraction of sp³-hybridized carbons (Fsp3) is 0.500. The van der Waals surface area contributed by atoms with Crippen LogP contribution in [0.15, 0.2) is 22.7 Å². The van der Waals surface area contributed by atoms with Gasteiger partial charge in [-0.2, -0.15) is 0 Å². The zero-order chi connectivity index (χ0) is 14.3. The number of benzene rings is 1. The molecule has 0 saturated heterocycles. The minimum absolute atomic E-state index is 0.0730. The van der Waals surface area contributed by atoms with Crippen molar-refractivity contribution < 1.29 is 14.4 Å². The number of halogens is 1. The minimum atomic E-state index is -0.383. The molecule has 1 unspecified atom stereocenters. The van der Waals surface area contributed by atoms with E-state index in [2.05, 4.69) is 21.2 Å². The molecule has 0 radical (unpaired) electrons. The molecule has 0 aliphatic heterocycles. The Labute approximate surface area is 120 Å². The standard InChI is InChI=1S/C12H17BrN2O4/c1-18-8-11(19-2)7-14-6-9-5-10(13)3-4-12(9)15(16)17/h3-5,11,14H,6-8H2,1-2H3. The van der Waals surface area contributed by atoms with Gasteiger partial charge in [0.1, 0.15) is 0 Å². The quantitative estimate of drug-likeness (QED) is 0.583. The van der Waals surface area contributed by atoms with Gasteiger partial charge in [0, 0.05) is 43.4 Å². The first-order valence-corrected chi connectivity index (χ1v) is 6.53. The van der Waals surface area contributed by atoms with Crippen molar-refractivity contribution in [3.05, 3.63) is 38.3 Å². The molecule has 0 amide bonds. The molecule has 106 valence electrons. The Balaban J connectivity index is 2.61. The van der Waals surface area contributed by atoms with Crippen LogP contribution >= 0.6 is 15.9 Å². The number of hydrogen-bond donors (Lipinski definition) is 1. The van der Waals surface area contributed by atoms with E-state index in [-0.39, 0.29) is 16.7 Å². The molecule has 0 spiro atoms. The van der Waals surface area contributed by atoms with Crippen molar-refractivity contribution in [1.82, 2.24) is 5.32 Å². The van der Waals surface area contributed by atoms with Gasteiger partial charge in [-0.3, -0.25) is 10.1 Å². The Morgan fingerprint density at radius 2 is 2.21 bits per heavy atom. The summed E-state index contributed by atoms with van der Waals surface area (Å²) >= 11 is 3.31. The molecule has 6 nitrogen and oxygen atoms in total. The van der Waals surface area contributed by atoms with Crippen molar-refractivity contribution in [3.63, 3.8) is 0 Å². The van der Waals surface area contributed by atoms with Crippen molar-refractivity contribution in [2.24, 2.45) is 0 Å². The number of nitrogens with one attached hydrogen (secondary N) is 1. The third kappa shape index (κ3) is 5.23. The van der Waals surface area contributed by atoms with Crippen molar-refractivity contribution in [2.45, 2.75) is 12.6 Å². The Morgan fingerprint density at radius 3 is 2.79 bits per heavy atom. The van der Waals surface area contributed by atoms with E-state index in [1.54, 1.807) is 26.4 Å². The molecule has 0 heterocycles. The Hall–Kier alpha value is -1.02. The van der Waals surface area contributed by atoms with E-state index >= 15 is 0 Å². The van der Waals surface area contributed by atoms with Crippen LogP contribution in [-0.4, -0.2) is 38.4 Å². The van der Waals surface area contributed by atoms with Gasteiger partial charge in [0.05, 0.1) is 17.6 Å². The van der Waals surface area contributed by atoms with Gasteiger partial charge in [0.25, 0.3) is 5.69 Å². The maximum absolute atomic E-state index is 10.9. The van der Waals surface area contributed by atoms with Crippen LogP contribution in [0, 0.1) is 10.1 Å². The Bertz CT molecular complexity index is 428. The predicted octanol–water partition coefficient (Wildman–Crippen LogP) is 2.11. The number of hydrogen-bond acceptors (Lipinski definition) is 5. The highest BCUT2D eigenvalue weighted by molar-refractivity contribution is 9.10. The second-order valence-corrected chi connectivity index (χ2v) is 4.89. The summed E-state index contributed by atoms with van der Waals surface area (Å²) in [5, 5.41) is 14.0. The van der Waals surface area contributed by atoms with Crippen LogP contribution in [0.3, 0.4) is 0 Å². The zero-order valence-electron chi connectivity index (χ0n) is 10.9. The minimum Gasteiger partial charge on any atom is -0.382 e. The highest BCUT2D eigenvalue weighted by atomic mass is 79.9. The molecule has 0 aliphatic carbocycles. The average Bonchev–Trinajstić information content (AvgIpc) is 2.37. The normalized spacial score (nSPS) is 12.4. The van der Waals surface area contributed by atoms with Gasteiger partial charge < -0.3 is 14.8 Å². The second-order valence-electron chi connectivity index (χ2n) is 3.97. The first kappa shape index (κ1) is 16.0. The molecule has 0 saturated carbocycles. The van der Waals surface area contributed by atoms with Gasteiger partial charge in [0.2, 0.25) is 0 Å². The monoisotopic (exact) mass is 332 g/mol. The molecule has 1 N–H and O–H groups in total. The second kappa shape index (κ2) is 8.21. The van der Waals surface area contributed by atoms with Crippen LogP contribution < -0.4 is 5.32 Å².